The lowest BCUT2D eigenvalue weighted by Crippen LogP contribution is -2.49. The number of fused-ring (bicyclic) bond motifs is 1. The van der Waals surface area contributed by atoms with E-state index in [1.54, 1.807) is 24.3 Å². The van der Waals surface area contributed by atoms with Crippen molar-refractivity contribution in [2.75, 3.05) is 36.4 Å². The van der Waals surface area contributed by atoms with Gasteiger partial charge in [0.25, 0.3) is 10.0 Å². The first-order valence-electron chi connectivity index (χ1n) is 11.0. The number of nitrogens with zero attached hydrogens (tertiary/aromatic N) is 3. The summed E-state index contributed by atoms with van der Waals surface area (Å²) in [5.41, 5.74) is 4.27. The quantitative estimate of drug-likeness (QED) is 0.747. The van der Waals surface area contributed by atoms with E-state index in [9.17, 15) is 13.2 Å². The highest BCUT2D eigenvalue weighted by molar-refractivity contribution is 7.90. The normalized spacial score (nSPS) is 18.4. The average Bonchev–Trinajstić information content (AvgIpc) is 2.75. The van der Waals surface area contributed by atoms with Gasteiger partial charge in [-0.3, -0.25) is 4.79 Å². The van der Waals surface area contributed by atoms with E-state index in [0.29, 0.717) is 37.5 Å². The standard InChI is InChI=1S/C24H30N4O3S/c1-17-8-9-19(3)21(14-17)27-10-12-28(13-11-27)24(29)16-18(2)15-23-25-20-6-4-5-7-22(20)32(30,31)26-23/h4-9,14,18H,10-13,15-16H2,1-3H3,(H,25,26). The van der Waals surface area contributed by atoms with Gasteiger partial charge in [0.2, 0.25) is 5.91 Å². The zero-order chi connectivity index (χ0) is 22.9. The van der Waals surface area contributed by atoms with Crippen LogP contribution in [0.4, 0.5) is 11.4 Å². The number of amidine groups is 1. The molecule has 0 saturated carbocycles. The lowest BCUT2D eigenvalue weighted by molar-refractivity contribution is -0.132. The number of nitrogens with one attached hydrogen (secondary N) is 1. The summed E-state index contributed by atoms with van der Waals surface area (Å²) >= 11 is 0. The maximum absolute atomic E-state index is 12.9. The topological polar surface area (TPSA) is 82.1 Å². The summed E-state index contributed by atoms with van der Waals surface area (Å²) in [6.45, 7) is 9.19. The molecule has 0 spiro atoms. The van der Waals surface area contributed by atoms with Gasteiger partial charge in [-0.1, -0.05) is 31.2 Å². The molecule has 0 bridgehead atoms. The van der Waals surface area contributed by atoms with Gasteiger partial charge in [-0.15, -0.1) is 4.40 Å². The van der Waals surface area contributed by atoms with Gasteiger partial charge < -0.3 is 15.1 Å². The number of carbonyl (C=O) groups excluding carboxylic acids is 1. The fourth-order valence-corrected chi connectivity index (χ4v) is 5.50. The van der Waals surface area contributed by atoms with Crippen LogP contribution in [0.3, 0.4) is 0 Å². The Hall–Kier alpha value is -2.87. The SMILES string of the molecule is Cc1ccc(C)c(N2CCN(C(=O)CC(C)CC3=NS(=O)(=O)c4ccccc4N3)CC2)c1. The molecule has 2 aliphatic heterocycles. The third-order valence-electron chi connectivity index (χ3n) is 6.08. The minimum absolute atomic E-state index is 0.0220. The van der Waals surface area contributed by atoms with Crippen LogP contribution in [-0.4, -0.2) is 51.2 Å². The van der Waals surface area contributed by atoms with Crippen LogP contribution in [0.5, 0.6) is 0 Å². The van der Waals surface area contributed by atoms with Crippen LogP contribution in [0.15, 0.2) is 51.8 Å². The molecule has 0 radical (unpaired) electrons. The highest BCUT2D eigenvalue weighted by Gasteiger charge is 2.27. The van der Waals surface area contributed by atoms with Crippen LogP contribution in [-0.2, 0) is 14.8 Å². The van der Waals surface area contributed by atoms with E-state index in [0.717, 1.165) is 13.1 Å². The highest BCUT2D eigenvalue weighted by atomic mass is 32.2. The molecule has 1 unspecified atom stereocenters. The van der Waals surface area contributed by atoms with Crippen molar-refractivity contribution in [2.45, 2.75) is 38.5 Å². The summed E-state index contributed by atoms with van der Waals surface area (Å²) in [5.74, 6) is 0.479. The number of hydrogen-bond donors (Lipinski definition) is 1. The van der Waals surface area contributed by atoms with Crippen molar-refractivity contribution in [1.82, 2.24) is 4.90 Å². The summed E-state index contributed by atoms with van der Waals surface area (Å²) in [6, 6.07) is 13.2. The third kappa shape index (κ3) is 4.80. The van der Waals surface area contributed by atoms with Gasteiger partial charge in [-0.2, -0.15) is 8.42 Å². The zero-order valence-electron chi connectivity index (χ0n) is 18.8. The van der Waals surface area contributed by atoms with Crippen molar-refractivity contribution in [2.24, 2.45) is 10.3 Å². The molecule has 0 aromatic heterocycles. The summed E-state index contributed by atoms with van der Waals surface area (Å²) in [6.07, 6.45) is 0.771. The van der Waals surface area contributed by atoms with Gasteiger partial charge in [0.15, 0.2) is 0 Å². The Morgan fingerprint density at radius 3 is 2.56 bits per heavy atom. The van der Waals surface area contributed by atoms with Gasteiger partial charge in [0.05, 0.1) is 5.69 Å². The minimum Gasteiger partial charge on any atom is -0.368 e. The van der Waals surface area contributed by atoms with Gasteiger partial charge >= 0.3 is 0 Å². The Kier molecular flexibility index (Phi) is 6.24. The van der Waals surface area contributed by atoms with Crippen LogP contribution in [0.1, 0.15) is 30.9 Å². The summed E-state index contributed by atoms with van der Waals surface area (Å²) in [5, 5.41) is 3.11. The Balaban J connectivity index is 1.32. The first-order valence-corrected chi connectivity index (χ1v) is 12.5. The molecule has 8 heteroatoms. The number of sulfonamides is 1. The van der Waals surface area contributed by atoms with E-state index in [2.05, 4.69) is 46.7 Å². The molecule has 2 aliphatic rings. The predicted molar refractivity (Wildman–Crippen MR) is 128 cm³/mol. The summed E-state index contributed by atoms with van der Waals surface area (Å²) in [7, 11) is -3.70. The lowest BCUT2D eigenvalue weighted by atomic mass is 10.0. The van der Waals surface area contributed by atoms with Crippen LogP contribution < -0.4 is 10.2 Å². The number of amides is 1. The van der Waals surface area contributed by atoms with Crippen molar-refractivity contribution in [1.29, 1.82) is 0 Å². The van der Waals surface area contributed by atoms with Gasteiger partial charge in [0.1, 0.15) is 10.7 Å². The predicted octanol–water partition coefficient (Wildman–Crippen LogP) is 3.58. The van der Waals surface area contributed by atoms with E-state index in [1.165, 1.54) is 16.8 Å². The first kappa shape index (κ1) is 22.3. The number of rotatable bonds is 5. The second-order valence-corrected chi connectivity index (χ2v) is 10.4. The molecule has 1 amide bonds. The van der Waals surface area contributed by atoms with Crippen LogP contribution >= 0.6 is 0 Å². The summed E-state index contributed by atoms with van der Waals surface area (Å²) in [4.78, 5) is 17.3. The molecule has 7 nitrogen and oxygen atoms in total. The van der Waals surface area contributed by atoms with E-state index >= 15 is 0 Å². The van der Waals surface area contributed by atoms with E-state index < -0.39 is 10.0 Å². The van der Waals surface area contributed by atoms with Crippen molar-refractivity contribution < 1.29 is 13.2 Å². The molecule has 2 aromatic rings. The molecule has 170 valence electrons. The average molecular weight is 455 g/mol. The third-order valence-corrected chi connectivity index (χ3v) is 7.45. The maximum atomic E-state index is 12.9. The van der Waals surface area contributed by atoms with Crippen molar-refractivity contribution >= 4 is 33.1 Å². The van der Waals surface area contributed by atoms with Gasteiger partial charge in [-0.25, -0.2) is 0 Å². The Morgan fingerprint density at radius 2 is 1.81 bits per heavy atom. The van der Waals surface area contributed by atoms with E-state index in [4.69, 9.17) is 0 Å². The second-order valence-electron chi connectivity index (χ2n) is 8.81. The molecule has 2 heterocycles. The maximum Gasteiger partial charge on any atom is 0.286 e. The lowest BCUT2D eigenvalue weighted by Gasteiger charge is -2.37. The molecule has 0 aliphatic carbocycles. The molecule has 1 N–H and O–H groups in total. The monoisotopic (exact) mass is 454 g/mol. The molecular weight excluding hydrogens is 424 g/mol. The molecule has 1 saturated heterocycles. The molecule has 1 fully saturated rings. The zero-order valence-corrected chi connectivity index (χ0v) is 19.7. The number of aryl methyl sites for hydroxylation is 2. The van der Waals surface area contributed by atoms with E-state index in [1.807, 2.05) is 11.8 Å². The second kappa shape index (κ2) is 8.94. The smallest absolute Gasteiger partial charge is 0.286 e. The molecule has 1 atom stereocenters. The van der Waals surface area contributed by atoms with Crippen LogP contribution in [0, 0.1) is 19.8 Å². The van der Waals surface area contributed by atoms with Crippen molar-refractivity contribution in [3.05, 3.63) is 53.6 Å². The Bertz CT molecular complexity index is 1150. The first-order chi connectivity index (χ1) is 15.2. The summed E-state index contributed by atoms with van der Waals surface area (Å²) < 4.78 is 28.8. The molecule has 4 rings (SSSR count). The van der Waals surface area contributed by atoms with Crippen LogP contribution in [0.2, 0.25) is 0 Å². The Labute approximate surface area is 190 Å². The molecule has 2 aromatic carbocycles. The van der Waals surface area contributed by atoms with Gasteiger partial charge in [-0.05, 0) is 49.1 Å². The van der Waals surface area contributed by atoms with E-state index in [-0.39, 0.29) is 16.7 Å². The fraction of sp³-hybridized carbons (Fsp3) is 0.417. The minimum atomic E-state index is -3.70. The van der Waals surface area contributed by atoms with Gasteiger partial charge in [0, 0.05) is 44.7 Å². The largest absolute Gasteiger partial charge is 0.368 e. The van der Waals surface area contributed by atoms with Crippen molar-refractivity contribution in [3.8, 4) is 0 Å². The number of piperazine rings is 1. The number of anilines is 2. The van der Waals surface area contributed by atoms with Crippen LogP contribution in [0.25, 0.3) is 0 Å². The Morgan fingerprint density at radius 1 is 1.09 bits per heavy atom. The number of carbonyl (C=O) groups is 1. The number of benzene rings is 2. The number of para-hydroxylation sites is 1. The molecular formula is C24H30N4O3S. The number of hydrogen-bond acceptors (Lipinski definition) is 5. The van der Waals surface area contributed by atoms with Crippen molar-refractivity contribution in [3.63, 3.8) is 0 Å². The molecule has 32 heavy (non-hydrogen) atoms. The highest BCUT2D eigenvalue weighted by Crippen LogP contribution is 2.28. The fourth-order valence-electron chi connectivity index (χ4n) is 4.34.